The van der Waals surface area contributed by atoms with Gasteiger partial charge in [0.1, 0.15) is 17.6 Å². The summed E-state index contributed by atoms with van der Waals surface area (Å²) in [6.07, 6.45) is -3.40. The molecule has 1 unspecified atom stereocenters. The summed E-state index contributed by atoms with van der Waals surface area (Å²) in [5.74, 6) is -6.04. The van der Waals surface area contributed by atoms with Gasteiger partial charge in [-0.25, -0.2) is 0 Å². The first-order valence-corrected chi connectivity index (χ1v) is 12.6. The number of amides is 4. The summed E-state index contributed by atoms with van der Waals surface area (Å²) < 4.78 is 39.8. The van der Waals surface area contributed by atoms with Crippen LogP contribution in [-0.2, 0) is 24.0 Å². The fourth-order valence-corrected chi connectivity index (χ4v) is 5.36. The standard InChI is InChI=1S/C24H37F3N4O6/c1-5-31(21(36)23(10-6-7-11-23)29(4)22(37)24(25,26)27)18(15(2)3)19(34)28-16(14-17(32)33)20(35)30-12-8-9-13-30/h15-16,18H,5-14H2,1-4H3,(H,28,34)(H,32,33)/t16-,18?/m0/s1. The molecule has 0 aromatic rings. The van der Waals surface area contributed by atoms with Crippen LogP contribution in [0, 0.1) is 5.92 Å². The SMILES string of the molecule is CCN(C(=O)C1(N(C)C(=O)C(F)(F)F)CCCC1)C(C(=O)N[C@@H](CC(=O)O)C(=O)N1CCCC1)C(C)C. The number of halogens is 3. The Bertz CT molecular complexity index is 882. The zero-order chi connectivity index (χ0) is 28.1. The number of likely N-dealkylation sites (tertiary alicyclic amines) is 1. The molecule has 0 radical (unpaired) electrons. The molecule has 1 aliphatic carbocycles. The molecule has 10 nitrogen and oxygen atoms in total. The van der Waals surface area contributed by atoms with Gasteiger partial charge in [0.15, 0.2) is 0 Å². The molecule has 37 heavy (non-hydrogen) atoms. The van der Waals surface area contributed by atoms with E-state index in [1.165, 1.54) is 4.90 Å². The van der Waals surface area contributed by atoms with Gasteiger partial charge in [0.05, 0.1) is 6.42 Å². The minimum absolute atomic E-state index is 0.0160. The van der Waals surface area contributed by atoms with E-state index >= 15 is 0 Å². The van der Waals surface area contributed by atoms with Crippen LogP contribution in [-0.4, -0.2) is 99.9 Å². The molecule has 2 fully saturated rings. The van der Waals surface area contributed by atoms with Gasteiger partial charge in [-0.05, 0) is 38.5 Å². The first-order valence-electron chi connectivity index (χ1n) is 12.6. The van der Waals surface area contributed by atoms with Crippen molar-refractivity contribution in [1.82, 2.24) is 20.0 Å². The molecule has 2 N–H and O–H groups in total. The zero-order valence-electron chi connectivity index (χ0n) is 21.8. The fourth-order valence-electron chi connectivity index (χ4n) is 5.36. The van der Waals surface area contributed by atoms with Crippen molar-refractivity contribution in [2.75, 3.05) is 26.7 Å². The first-order chi connectivity index (χ1) is 17.2. The predicted octanol–water partition coefficient (Wildman–Crippen LogP) is 1.77. The smallest absolute Gasteiger partial charge is 0.471 e. The molecule has 0 bridgehead atoms. The Morgan fingerprint density at radius 3 is 2.00 bits per heavy atom. The Hall–Kier alpha value is -2.86. The summed E-state index contributed by atoms with van der Waals surface area (Å²) in [7, 11) is 0.953. The van der Waals surface area contributed by atoms with Crippen molar-refractivity contribution in [3.63, 3.8) is 0 Å². The van der Waals surface area contributed by atoms with Crippen LogP contribution >= 0.6 is 0 Å². The van der Waals surface area contributed by atoms with Crippen molar-refractivity contribution < 1.29 is 42.3 Å². The lowest BCUT2D eigenvalue weighted by Gasteiger charge is -2.43. The highest BCUT2D eigenvalue weighted by molar-refractivity contribution is 5.97. The number of carboxylic acids is 1. The molecule has 2 atom stereocenters. The van der Waals surface area contributed by atoms with E-state index in [-0.39, 0.29) is 19.4 Å². The molecule has 210 valence electrons. The summed E-state index contributed by atoms with van der Waals surface area (Å²) in [6.45, 7) is 5.69. The number of likely N-dealkylation sites (N-methyl/N-ethyl adjacent to an activating group) is 2. The van der Waals surface area contributed by atoms with Crippen LogP contribution in [0.4, 0.5) is 13.2 Å². The van der Waals surface area contributed by atoms with Crippen molar-refractivity contribution in [2.45, 2.75) is 89.5 Å². The summed E-state index contributed by atoms with van der Waals surface area (Å²) in [4.78, 5) is 66.8. The lowest BCUT2D eigenvalue weighted by molar-refractivity contribution is -0.192. The number of hydrogen-bond donors (Lipinski definition) is 2. The summed E-state index contributed by atoms with van der Waals surface area (Å²) in [5, 5.41) is 11.8. The number of alkyl halides is 3. The Balaban J connectivity index is 2.37. The Morgan fingerprint density at radius 2 is 1.57 bits per heavy atom. The molecule has 2 aliphatic rings. The average Bonchev–Trinajstić information content (AvgIpc) is 3.52. The maximum absolute atomic E-state index is 13.8. The lowest BCUT2D eigenvalue weighted by atomic mass is 9.90. The van der Waals surface area contributed by atoms with Gasteiger partial charge in [-0.1, -0.05) is 26.7 Å². The molecule has 13 heteroatoms. The van der Waals surface area contributed by atoms with Gasteiger partial charge < -0.3 is 25.1 Å². The van der Waals surface area contributed by atoms with Crippen molar-refractivity contribution in [2.24, 2.45) is 5.92 Å². The summed E-state index contributed by atoms with van der Waals surface area (Å²) in [6, 6.07) is -2.56. The highest BCUT2D eigenvalue weighted by Gasteiger charge is 2.55. The molecule has 1 heterocycles. The number of aliphatic carboxylic acids is 1. The van der Waals surface area contributed by atoms with Gasteiger partial charge >= 0.3 is 18.1 Å². The summed E-state index contributed by atoms with van der Waals surface area (Å²) in [5.41, 5.74) is -1.76. The van der Waals surface area contributed by atoms with Gasteiger partial charge in [-0.15, -0.1) is 0 Å². The number of nitrogens with one attached hydrogen (secondary N) is 1. The van der Waals surface area contributed by atoms with Gasteiger partial charge in [0, 0.05) is 26.7 Å². The molecule has 0 spiro atoms. The monoisotopic (exact) mass is 534 g/mol. The number of carbonyl (C=O) groups excluding carboxylic acids is 4. The van der Waals surface area contributed by atoms with Crippen LogP contribution in [0.25, 0.3) is 0 Å². The molecule has 0 aromatic carbocycles. The van der Waals surface area contributed by atoms with E-state index in [0.29, 0.717) is 30.8 Å². The Kier molecular flexibility index (Phi) is 9.95. The molecular formula is C24H37F3N4O6. The number of nitrogens with zero attached hydrogens (tertiary/aromatic N) is 3. The quantitative estimate of drug-likeness (QED) is 0.440. The second kappa shape index (κ2) is 12.1. The second-order valence-electron chi connectivity index (χ2n) is 10.1. The van der Waals surface area contributed by atoms with Gasteiger partial charge in [0.25, 0.3) is 0 Å². The minimum Gasteiger partial charge on any atom is -0.481 e. The maximum atomic E-state index is 13.8. The minimum atomic E-state index is -5.17. The van der Waals surface area contributed by atoms with Gasteiger partial charge in [0.2, 0.25) is 17.7 Å². The van der Waals surface area contributed by atoms with Crippen LogP contribution in [0.1, 0.15) is 65.7 Å². The topological polar surface area (TPSA) is 127 Å². The third-order valence-electron chi connectivity index (χ3n) is 7.27. The normalized spacial score (nSPS) is 18.9. The van der Waals surface area contributed by atoms with Crippen molar-refractivity contribution in [1.29, 1.82) is 0 Å². The van der Waals surface area contributed by atoms with Gasteiger partial charge in [-0.2, -0.15) is 13.2 Å². The van der Waals surface area contributed by atoms with Gasteiger partial charge in [-0.3, -0.25) is 24.0 Å². The highest BCUT2D eigenvalue weighted by Crippen LogP contribution is 2.39. The molecular weight excluding hydrogens is 497 g/mol. The average molecular weight is 535 g/mol. The predicted molar refractivity (Wildman–Crippen MR) is 126 cm³/mol. The molecule has 1 saturated heterocycles. The van der Waals surface area contributed by atoms with E-state index in [4.69, 9.17) is 0 Å². The number of hydrogen-bond acceptors (Lipinski definition) is 5. The van der Waals surface area contributed by atoms with E-state index in [1.54, 1.807) is 20.8 Å². The first kappa shape index (κ1) is 30.4. The lowest BCUT2D eigenvalue weighted by Crippen LogP contribution is -2.65. The Labute approximate surface area is 214 Å². The third kappa shape index (κ3) is 6.72. The number of carbonyl (C=O) groups is 5. The number of carboxylic acid groups (broad SMARTS) is 1. The van der Waals surface area contributed by atoms with E-state index in [1.807, 2.05) is 0 Å². The zero-order valence-corrected chi connectivity index (χ0v) is 21.8. The van der Waals surface area contributed by atoms with E-state index in [2.05, 4.69) is 5.32 Å². The number of rotatable bonds is 10. The fraction of sp³-hybridized carbons (Fsp3) is 0.792. The van der Waals surface area contributed by atoms with Crippen LogP contribution in [0.15, 0.2) is 0 Å². The van der Waals surface area contributed by atoms with Crippen molar-refractivity contribution >= 4 is 29.6 Å². The van der Waals surface area contributed by atoms with Crippen LogP contribution < -0.4 is 5.32 Å². The Morgan fingerprint density at radius 1 is 1.03 bits per heavy atom. The molecule has 0 aromatic heterocycles. The van der Waals surface area contributed by atoms with Crippen molar-refractivity contribution in [3.05, 3.63) is 0 Å². The van der Waals surface area contributed by atoms with Crippen LogP contribution in [0.3, 0.4) is 0 Å². The molecule has 1 saturated carbocycles. The summed E-state index contributed by atoms with van der Waals surface area (Å²) >= 11 is 0. The third-order valence-corrected chi connectivity index (χ3v) is 7.27. The van der Waals surface area contributed by atoms with Crippen molar-refractivity contribution in [3.8, 4) is 0 Å². The molecule has 1 aliphatic heterocycles. The molecule has 4 amide bonds. The van der Waals surface area contributed by atoms with E-state index in [0.717, 1.165) is 24.8 Å². The maximum Gasteiger partial charge on any atom is 0.471 e. The van der Waals surface area contributed by atoms with E-state index in [9.17, 15) is 42.3 Å². The highest BCUT2D eigenvalue weighted by atomic mass is 19.4. The largest absolute Gasteiger partial charge is 0.481 e. The van der Waals surface area contributed by atoms with Crippen LogP contribution in [0.5, 0.6) is 0 Å². The second-order valence-corrected chi connectivity index (χ2v) is 10.1. The van der Waals surface area contributed by atoms with E-state index < -0.39 is 65.7 Å². The molecule has 2 rings (SSSR count). The van der Waals surface area contributed by atoms with Crippen LogP contribution in [0.2, 0.25) is 0 Å².